The van der Waals surface area contributed by atoms with Crippen LogP contribution < -0.4 is 0 Å². The highest BCUT2D eigenvalue weighted by Gasteiger charge is 2.32. The summed E-state index contributed by atoms with van der Waals surface area (Å²) in [5.41, 5.74) is 1.36. The van der Waals surface area contributed by atoms with Crippen LogP contribution in [-0.2, 0) is 16.3 Å². The molecule has 4 heteroatoms. The van der Waals surface area contributed by atoms with Crippen molar-refractivity contribution in [2.75, 3.05) is 5.75 Å². The summed E-state index contributed by atoms with van der Waals surface area (Å²) in [6.07, 6.45) is 0.806. The molecule has 0 spiro atoms. The number of hydrogen-bond acceptors (Lipinski definition) is 3. The average Bonchev–Trinajstić information content (AvgIpc) is 2.37. The molecule has 1 aliphatic heterocycles. The Bertz CT molecular complexity index is 500. The topological polar surface area (TPSA) is 51.2 Å². The Morgan fingerprint density at radius 2 is 2.07 bits per heavy atom. The van der Waals surface area contributed by atoms with Crippen LogP contribution in [0.2, 0.25) is 0 Å². The highest BCUT2D eigenvalue weighted by Crippen LogP contribution is 2.26. The van der Waals surface area contributed by atoms with Gasteiger partial charge in [0.05, 0.1) is 4.90 Å². The Labute approximate surface area is 82.7 Å². The van der Waals surface area contributed by atoms with Crippen LogP contribution in [0.3, 0.4) is 0 Å². The maximum absolute atomic E-state index is 11.4. The number of sulfone groups is 1. The van der Waals surface area contributed by atoms with E-state index in [9.17, 15) is 13.2 Å². The van der Waals surface area contributed by atoms with Crippen molar-refractivity contribution in [1.82, 2.24) is 0 Å². The molecule has 3 nitrogen and oxygen atoms in total. The number of carbonyl (C=O) groups is 1. The summed E-state index contributed by atoms with van der Waals surface area (Å²) in [6.45, 7) is 1.97. The second-order valence-electron chi connectivity index (χ2n) is 3.37. The first kappa shape index (κ1) is 9.40. The van der Waals surface area contributed by atoms with Gasteiger partial charge < -0.3 is 0 Å². The van der Waals surface area contributed by atoms with E-state index in [1.165, 1.54) is 6.07 Å². The third-order valence-electron chi connectivity index (χ3n) is 2.41. The zero-order valence-corrected chi connectivity index (χ0v) is 8.60. The van der Waals surface area contributed by atoms with Crippen molar-refractivity contribution >= 4 is 15.6 Å². The highest BCUT2D eigenvalue weighted by atomic mass is 32.2. The van der Waals surface area contributed by atoms with E-state index in [1.54, 1.807) is 12.1 Å². The molecule has 0 saturated carbocycles. The fraction of sp³-hybridized carbons (Fsp3) is 0.300. The van der Waals surface area contributed by atoms with Crippen molar-refractivity contribution in [1.29, 1.82) is 0 Å². The number of fused-ring (bicyclic) bond motifs is 1. The van der Waals surface area contributed by atoms with Gasteiger partial charge in [-0.1, -0.05) is 13.0 Å². The number of benzene rings is 1. The Kier molecular flexibility index (Phi) is 1.96. The number of ketones is 1. The van der Waals surface area contributed by atoms with E-state index < -0.39 is 9.84 Å². The monoisotopic (exact) mass is 210 g/mol. The van der Waals surface area contributed by atoms with Gasteiger partial charge in [-0.3, -0.25) is 4.79 Å². The zero-order valence-electron chi connectivity index (χ0n) is 7.78. The molecule has 1 aromatic rings. The van der Waals surface area contributed by atoms with E-state index in [0.29, 0.717) is 5.56 Å². The summed E-state index contributed by atoms with van der Waals surface area (Å²) in [4.78, 5) is 11.6. The van der Waals surface area contributed by atoms with Crippen molar-refractivity contribution in [3.63, 3.8) is 0 Å². The third-order valence-corrected chi connectivity index (χ3v) is 4.08. The summed E-state index contributed by atoms with van der Waals surface area (Å²) in [6, 6.07) is 4.98. The standard InChI is InChI=1S/C10H10O3S/c1-2-7-3-4-10-8(5-7)9(11)6-14(10,12)13/h3-5H,2,6H2,1H3. The fourth-order valence-corrected chi connectivity index (χ4v) is 3.05. The molecule has 0 atom stereocenters. The lowest BCUT2D eigenvalue weighted by atomic mass is 10.1. The molecule has 0 N–H and O–H groups in total. The minimum absolute atomic E-state index is 0.194. The molecule has 0 saturated heterocycles. The molecule has 1 heterocycles. The molecule has 2 rings (SSSR count). The molecule has 0 fully saturated rings. The first-order valence-electron chi connectivity index (χ1n) is 4.43. The van der Waals surface area contributed by atoms with Gasteiger partial charge in [0, 0.05) is 5.56 Å². The molecule has 0 unspecified atom stereocenters. The van der Waals surface area contributed by atoms with Crippen molar-refractivity contribution in [2.24, 2.45) is 0 Å². The second kappa shape index (κ2) is 2.92. The van der Waals surface area contributed by atoms with E-state index in [4.69, 9.17) is 0 Å². The van der Waals surface area contributed by atoms with Crippen LogP contribution in [-0.4, -0.2) is 20.0 Å². The van der Waals surface area contributed by atoms with E-state index >= 15 is 0 Å². The van der Waals surface area contributed by atoms with Gasteiger partial charge in [0.1, 0.15) is 5.75 Å². The molecular weight excluding hydrogens is 200 g/mol. The molecule has 0 aliphatic carbocycles. The smallest absolute Gasteiger partial charge is 0.186 e. The predicted octanol–water partition coefficient (Wildman–Crippen LogP) is 1.22. The first-order chi connectivity index (χ1) is 6.54. The van der Waals surface area contributed by atoms with E-state index in [-0.39, 0.29) is 16.4 Å². The maximum Gasteiger partial charge on any atom is 0.186 e. The lowest BCUT2D eigenvalue weighted by molar-refractivity contribution is 0.102. The van der Waals surface area contributed by atoms with Crippen LogP contribution >= 0.6 is 0 Å². The predicted molar refractivity (Wildman–Crippen MR) is 52.2 cm³/mol. The van der Waals surface area contributed by atoms with Crippen LogP contribution in [0.15, 0.2) is 23.1 Å². The van der Waals surface area contributed by atoms with Crippen molar-refractivity contribution in [2.45, 2.75) is 18.2 Å². The van der Waals surface area contributed by atoms with Crippen LogP contribution in [0.4, 0.5) is 0 Å². The van der Waals surface area contributed by atoms with Crippen LogP contribution in [0.1, 0.15) is 22.8 Å². The highest BCUT2D eigenvalue weighted by molar-refractivity contribution is 7.92. The van der Waals surface area contributed by atoms with E-state index in [1.807, 2.05) is 6.92 Å². The Hall–Kier alpha value is -1.16. The Morgan fingerprint density at radius 1 is 1.36 bits per heavy atom. The largest absolute Gasteiger partial charge is 0.293 e. The van der Waals surface area contributed by atoms with Gasteiger partial charge in [-0.2, -0.15) is 0 Å². The van der Waals surface area contributed by atoms with Gasteiger partial charge in [-0.05, 0) is 24.1 Å². The average molecular weight is 210 g/mol. The molecule has 1 aromatic carbocycles. The normalized spacial score (nSPS) is 18.2. The molecular formula is C10H10O3S. The van der Waals surface area contributed by atoms with Crippen molar-refractivity contribution in [3.05, 3.63) is 29.3 Å². The van der Waals surface area contributed by atoms with Crippen molar-refractivity contribution < 1.29 is 13.2 Å². The molecule has 0 aromatic heterocycles. The number of rotatable bonds is 1. The molecule has 0 radical (unpaired) electrons. The van der Waals surface area contributed by atoms with Gasteiger partial charge in [0.25, 0.3) is 0 Å². The number of carbonyl (C=O) groups excluding carboxylic acids is 1. The SMILES string of the molecule is CCc1ccc2c(c1)C(=O)CS2(=O)=O. The maximum atomic E-state index is 11.4. The number of aryl methyl sites for hydroxylation is 1. The van der Waals surface area contributed by atoms with Gasteiger partial charge in [-0.25, -0.2) is 8.42 Å². The third kappa shape index (κ3) is 1.26. The van der Waals surface area contributed by atoms with Crippen LogP contribution in [0.5, 0.6) is 0 Å². The molecule has 0 bridgehead atoms. The van der Waals surface area contributed by atoms with Gasteiger partial charge in [-0.15, -0.1) is 0 Å². The van der Waals surface area contributed by atoms with E-state index in [0.717, 1.165) is 12.0 Å². The summed E-state index contributed by atoms with van der Waals surface area (Å²) in [5, 5.41) is 0. The summed E-state index contributed by atoms with van der Waals surface area (Å²) in [7, 11) is -3.33. The molecule has 14 heavy (non-hydrogen) atoms. The Morgan fingerprint density at radius 3 is 2.71 bits per heavy atom. The number of hydrogen-bond donors (Lipinski definition) is 0. The fourth-order valence-electron chi connectivity index (χ4n) is 1.61. The lowest BCUT2D eigenvalue weighted by Gasteiger charge is -1.99. The molecule has 0 amide bonds. The summed E-state index contributed by atoms with van der Waals surface area (Å²) in [5.74, 6) is -0.648. The van der Waals surface area contributed by atoms with Crippen LogP contribution in [0.25, 0.3) is 0 Å². The lowest BCUT2D eigenvalue weighted by Crippen LogP contribution is -2.03. The van der Waals surface area contributed by atoms with Gasteiger partial charge >= 0.3 is 0 Å². The summed E-state index contributed by atoms with van der Waals surface area (Å²) >= 11 is 0. The van der Waals surface area contributed by atoms with Crippen LogP contribution in [0, 0.1) is 0 Å². The molecule has 74 valence electrons. The Balaban J connectivity index is 2.70. The van der Waals surface area contributed by atoms with E-state index in [2.05, 4.69) is 0 Å². The van der Waals surface area contributed by atoms with Gasteiger partial charge in [0.15, 0.2) is 15.6 Å². The zero-order chi connectivity index (χ0) is 10.3. The number of Topliss-reactive ketones (excluding diaryl/α,β-unsaturated/α-hetero) is 1. The summed E-state index contributed by atoms with van der Waals surface area (Å²) < 4.78 is 22.9. The first-order valence-corrected chi connectivity index (χ1v) is 6.08. The van der Waals surface area contributed by atoms with Crippen molar-refractivity contribution in [3.8, 4) is 0 Å². The minimum Gasteiger partial charge on any atom is -0.293 e. The molecule has 1 aliphatic rings. The second-order valence-corrected chi connectivity index (χ2v) is 5.32. The quantitative estimate of drug-likeness (QED) is 0.700. The minimum atomic E-state index is -3.33. The van der Waals surface area contributed by atoms with Gasteiger partial charge in [0.2, 0.25) is 0 Å².